The normalized spacial score (nSPS) is 14.4. The van der Waals surface area contributed by atoms with Crippen LogP contribution in [-0.4, -0.2) is 35.8 Å². The number of amides is 2. The minimum atomic E-state index is -0.355. The lowest BCUT2D eigenvalue weighted by molar-refractivity contribution is -0.123. The molecule has 1 saturated heterocycles. The highest BCUT2D eigenvalue weighted by atomic mass is 127. The number of ether oxygens (including phenoxy) is 3. The van der Waals surface area contributed by atoms with Gasteiger partial charge in [-0.05, 0) is 94.9 Å². The average Bonchev–Trinajstić information content (AvgIpc) is 3.13. The molecule has 3 aromatic carbocycles. The Kier molecular flexibility index (Phi) is 8.87. The lowest BCUT2D eigenvalue weighted by Crippen LogP contribution is -2.32. The van der Waals surface area contributed by atoms with Gasteiger partial charge in [0.25, 0.3) is 11.1 Å². The Labute approximate surface area is 226 Å². The van der Waals surface area contributed by atoms with Gasteiger partial charge in [-0.15, -0.1) is 0 Å². The van der Waals surface area contributed by atoms with Crippen LogP contribution in [0.5, 0.6) is 17.2 Å². The fourth-order valence-corrected chi connectivity index (χ4v) is 5.07. The van der Waals surface area contributed by atoms with Crippen LogP contribution in [0.25, 0.3) is 6.08 Å². The first-order valence-corrected chi connectivity index (χ1v) is 13.1. The lowest BCUT2D eigenvalue weighted by Gasteiger charge is -2.15. The van der Waals surface area contributed by atoms with Crippen molar-refractivity contribution < 1.29 is 28.2 Å². The molecule has 4 rings (SSSR count). The third-order valence-electron chi connectivity index (χ3n) is 5.13. The summed E-state index contributed by atoms with van der Waals surface area (Å²) < 4.78 is 31.4. The zero-order chi connectivity index (χ0) is 25.5. The van der Waals surface area contributed by atoms with E-state index in [1.807, 2.05) is 43.3 Å². The van der Waals surface area contributed by atoms with Crippen LogP contribution < -0.4 is 14.2 Å². The number of carbonyl (C=O) groups is 2. The van der Waals surface area contributed by atoms with E-state index in [-0.39, 0.29) is 36.7 Å². The summed E-state index contributed by atoms with van der Waals surface area (Å²) in [6, 6.07) is 19.0. The maximum Gasteiger partial charge on any atom is 0.293 e. The van der Waals surface area contributed by atoms with Crippen LogP contribution in [-0.2, 0) is 11.4 Å². The summed E-state index contributed by atoms with van der Waals surface area (Å²) in [5, 5.41) is -0.332. The van der Waals surface area contributed by atoms with E-state index in [0.717, 1.165) is 20.9 Å². The summed E-state index contributed by atoms with van der Waals surface area (Å²) in [4.78, 5) is 26.9. The summed E-state index contributed by atoms with van der Waals surface area (Å²) >= 11 is 3.04. The maximum atomic E-state index is 13.2. The quantitative estimate of drug-likeness (QED) is 0.190. The predicted molar refractivity (Wildman–Crippen MR) is 146 cm³/mol. The van der Waals surface area contributed by atoms with Crippen molar-refractivity contribution >= 4 is 51.6 Å². The average molecular weight is 619 g/mol. The summed E-state index contributed by atoms with van der Waals surface area (Å²) in [5.41, 5.74) is 1.53. The number of benzene rings is 3. The molecule has 0 spiro atoms. The van der Waals surface area contributed by atoms with Gasteiger partial charge in [0.15, 0.2) is 11.5 Å². The number of thioether (sulfide) groups is 1. The second-order valence-electron chi connectivity index (χ2n) is 7.67. The second kappa shape index (κ2) is 12.3. The molecular weight excluding hydrogens is 596 g/mol. The molecule has 0 bridgehead atoms. The van der Waals surface area contributed by atoms with Crippen LogP contribution in [0, 0.1) is 9.39 Å². The molecule has 0 saturated carbocycles. The Balaban J connectivity index is 1.46. The third kappa shape index (κ3) is 6.58. The molecule has 1 aliphatic heterocycles. The molecule has 1 fully saturated rings. The topological polar surface area (TPSA) is 65.1 Å². The number of carbonyl (C=O) groups excluding carboxylic acids is 2. The molecular formula is C27H23FINO5S. The molecule has 0 aromatic heterocycles. The molecule has 3 aromatic rings. The van der Waals surface area contributed by atoms with E-state index < -0.39 is 0 Å². The molecule has 0 atom stereocenters. The summed E-state index contributed by atoms with van der Waals surface area (Å²) in [7, 11) is 0. The molecule has 9 heteroatoms. The van der Waals surface area contributed by atoms with Crippen molar-refractivity contribution in [3.05, 3.63) is 92.1 Å². The molecule has 0 unspecified atom stereocenters. The first-order valence-electron chi connectivity index (χ1n) is 11.2. The molecule has 186 valence electrons. The van der Waals surface area contributed by atoms with Gasteiger partial charge in [-0.3, -0.25) is 14.5 Å². The highest BCUT2D eigenvalue weighted by Gasteiger charge is 2.35. The van der Waals surface area contributed by atoms with Gasteiger partial charge in [0.05, 0.1) is 21.6 Å². The molecule has 0 aliphatic carbocycles. The molecule has 1 heterocycles. The largest absolute Gasteiger partial charge is 0.492 e. The smallest absolute Gasteiger partial charge is 0.293 e. The number of para-hydroxylation sites is 1. The van der Waals surface area contributed by atoms with Crippen LogP contribution in [0.15, 0.2) is 71.6 Å². The second-order valence-corrected chi connectivity index (χ2v) is 9.83. The van der Waals surface area contributed by atoms with Crippen molar-refractivity contribution in [2.45, 2.75) is 13.5 Å². The fourth-order valence-electron chi connectivity index (χ4n) is 3.43. The SMILES string of the molecule is CCOc1cc(/C=C2\SC(=O)N(CCOc3ccccc3)C2=O)cc(I)c1OCc1ccc(F)cc1. The zero-order valence-corrected chi connectivity index (χ0v) is 22.4. The van der Waals surface area contributed by atoms with Gasteiger partial charge in [-0.2, -0.15) is 0 Å². The first kappa shape index (κ1) is 26.0. The van der Waals surface area contributed by atoms with Gasteiger partial charge in [-0.25, -0.2) is 4.39 Å². The van der Waals surface area contributed by atoms with Gasteiger partial charge in [-0.1, -0.05) is 30.3 Å². The number of imide groups is 1. The van der Waals surface area contributed by atoms with E-state index in [1.165, 1.54) is 17.0 Å². The Morgan fingerprint density at radius 3 is 2.47 bits per heavy atom. The minimum absolute atomic E-state index is 0.162. The van der Waals surface area contributed by atoms with Gasteiger partial charge in [0.1, 0.15) is 24.8 Å². The van der Waals surface area contributed by atoms with Crippen molar-refractivity contribution in [2.24, 2.45) is 0 Å². The summed E-state index contributed by atoms with van der Waals surface area (Å²) in [6.07, 6.45) is 1.68. The van der Waals surface area contributed by atoms with Crippen LogP contribution in [0.1, 0.15) is 18.1 Å². The fraction of sp³-hybridized carbons (Fsp3) is 0.185. The van der Waals surface area contributed by atoms with E-state index in [2.05, 4.69) is 22.6 Å². The number of hydrogen-bond donors (Lipinski definition) is 0. The van der Waals surface area contributed by atoms with Crippen molar-refractivity contribution in [3.8, 4) is 17.2 Å². The first-order chi connectivity index (χ1) is 17.4. The molecule has 1 aliphatic rings. The Hall–Kier alpha value is -3.05. The molecule has 36 heavy (non-hydrogen) atoms. The molecule has 2 amide bonds. The number of nitrogens with zero attached hydrogens (tertiary/aromatic N) is 1. The lowest BCUT2D eigenvalue weighted by atomic mass is 10.1. The number of halogens is 2. The van der Waals surface area contributed by atoms with Crippen molar-refractivity contribution in [1.82, 2.24) is 4.90 Å². The summed E-state index contributed by atoms with van der Waals surface area (Å²) in [5.74, 6) is 1.10. The minimum Gasteiger partial charge on any atom is -0.492 e. The Morgan fingerprint density at radius 1 is 1.00 bits per heavy atom. The van der Waals surface area contributed by atoms with Crippen LogP contribution in [0.2, 0.25) is 0 Å². The summed E-state index contributed by atoms with van der Waals surface area (Å²) in [6.45, 7) is 2.91. The van der Waals surface area contributed by atoms with Gasteiger partial charge >= 0.3 is 0 Å². The Morgan fingerprint density at radius 2 is 1.75 bits per heavy atom. The molecule has 6 nitrogen and oxygen atoms in total. The number of hydrogen-bond acceptors (Lipinski definition) is 6. The van der Waals surface area contributed by atoms with Crippen LogP contribution in [0.4, 0.5) is 9.18 Å². The third-order valence-corrected chi connectivity index (χ3v) is 6.83. The highest BCUT2D eigenvalue weighted by Crippen LogP contribution is 2.38. The zero-order valence-electron chi connectivity index (χ0n) is 19.4. The van der Waals surface area contributed by atoms with Crippen molar-refractivity contribution in [2.75, 3.05) is 19.8 Å². The molecule has 0 radical (unpaired) electrons. The monoisotopic (exact) mass is 619 g/mol. The van der Waals surface area contributed by atoms with E-state index in [9.17, 15) is 14.0 Å². The number of rotatable bonds is 10. The van der Waals surface area contributed by atoms with E-state index >= 15 is 0 Å². The Bertz CT molecular complexity index is 1270. The van der Waals surface area contributed by atoms with E-state index in [1.54, 1.807) is 24.3 Å². The highest BCUT2D eigenvalue weighted by molar-refractivity contribution is 14.1. The van der Waals surface area contributed by atoms with Crippen molar-refractivity contribution in [1.29, 1.82) is 0 Å². The van der Waals surface area contributed by atoms with Crippen LogP contribution in [0.3, 0.4) is 0 Å². The van der Waals surface area contributed by atoms with Crippen LogP contribution >= 0.6 is 34.4 Å². The van der Waals surface area contributed by atoms with Gasteiger partial charge in [0.2, 0.25) is 0 Å². The predicted octanol–water partition coefficient (Wildman–Crippen LogP) is 6.52. The standard InChI is InChI=1S/C27H23FINO5S/c1-2-33-23-15-19(14-22(29)25(23)35-17-18-8-10-20(28)11-9-18)16-24-26(31)30(27(32)36-24)12-13-34-21-6-4-3-5-7-21/h3-11,14-16H,2,12-13,17H2,1H3/b24-16-. The molecule has 0 N–H and O–H groups in total. The van der Waals surface area contributed by atoms with E-state index in [0.29, 0.717) is 34.3 Å². The van der Waals surface area contributed by atoms with Gasteiger partial charge < -0.3 is 14.2 Å². The van der Waals surface area contributed by atoms with Gasteiger partial charge in [0, 0.05) is 0 Å². The van der Waals surface area contributed by atoms with E-state index in [4.69, 9.17) is 14.2 Å². The maximum absolute atomic E-state index is 13.2. The van der Waals surface area contributed by atoms with Crippen molar-refractivity contribution in [3.63, 3.8) is 0 Å².